The van der Waals surface area contributed by atoms with E-state index in [-0.39, 0.29) is 5.82 Å². The minimum Gasteiger partial charge on any atom is -0.276 e. The summed E-state index contributed by atoms with van der Waals surface area (Å²) in [6.45, 7) is 1.97. The molecule has 0 aliphatic carbocycles. The minimum atomic E-state index is -1.56. The van der Waals surface area contributed by atoms with Gasteiger partial charge in [-0.25, -0.2) is 4.39 Å². The van der Waals surface area contributed by atoms with Gasteiger partial charge in [-0.05, 0) is 48.2 Å². The van der Waals surface area contributed by atoms with E-state index < -0.39 is 7.80 Å². The van der Waals surface area contributed by atoms with Crippen molar-refractivity contribution in [2.45, 2.75) is 6.92 Å². The molecule has 15 heavy (non-hydrogen) atoms. The molecule has 0 bridgehead atoms. The van der Waals surface area contributed by atoms with Gasteiger partial charge in [0, 0.05) is 5.30 Å². The highest BCUT2D eigenvalue weighted by molar-refractivity contribution is 7.67. The fourth-order valence-electron chi connectivity index (χ4n) is 1.23. The van der Waals surface area contributed by atoms with E-state index in [0.29, 0.717) is 5.30 Å². The monoisotopic (exact) mass is 239 g/mol. The third-order valence-corrected chi connectivity index (χ3v) is 4.94. The molecular weight excluding hydrogens is 230 g/mol. The Kier molecular flexibility index (Phi) is 2.94. The first-order valence-electron chi connectivity index (χ1n) is 4.45. The van der Waals surface area contributed by atoms with Crippen molar-refractivity contribution in [2.75, 3.05) is 0 Å². The number of aryl methyl sites for hydroxylation is 1. The average molecular weight is 239 g/mol. The predicted molar refractivity (Wildman–Crippen MR) is 62.3 cm³/mol. The highest BCUT2D eigenvalue weighted by atomic mass is 32.1. The van der Waals surface area contributed by atoms with Crippen LogP contribution in [-0.4, -0.2) is 0 Å². The van der Waals surface area contributed by atoms with Crippen molar-refractivity contribution < 1.29 is 8.96 Å². The molecule has 0 aliphatic rings. The first-order chi connectivity index (χ1) is 7.16. The van der Waals surface area contributed by atoms with Crippen molar-refractivity contribution in [2.24, 2.45) is 0 Å². The van der Waals surface area contributed by atoms with Crippen LogP contribution in [0.15, 0.2) is 35.7 Å². The molecular formula is C11H9FOPS. The molecule has 0 N–H and O–H groups in total. The molecule has 1 radical (unpaired) electrons. The van der Waals surface area contributed by atoms with Crippen molar-refractivity contribution in [1.29, 1.82) is 0 Å². The van der Waals surface area contributed by atoms with Gasteiger partial charge in [-0.3, -0.25) is 4.57 Å². The Morgan fingerprint density at radius 3 is 2.47 bits per heavy atom. The molecule has 4 heteroatoms. The number of hydrogen-bond acceptors (Lipinski definition) is 2. The quantitative estimate of drug-likeness (QED) is 0.736. The Hall–Kier alpha value is -1.05. The summed E-state index contributed by atoms with van der Waals surface area (Å²) in [5.41, 5.74) is 1.11. The van der Waals surface area contributed by atoms with E-state index in [1.165, 1.54) is 23.5 Å². The van der Waals surface area contributed by atoms with Gasteiger partial charge in [-0.2, -0.15) is 0 Å². The summed E-state index contributed by atoms with van der Waals surface area (Å²) in [6, 6.07) is 7.73. The summed E-state index contributed by atoms with van der Waals surface area (Å²) in [4.78, 5) is 0. The molecule has 1 heterocycles. The van der Waals surface area contributed by atoms with E-state index in [4.69, 9.17) is 0 Å². The van der Waals surface area contributed by atoms with Gasteiger partial charge in [-0.15, -0.1) is 11.3 Å². The van der Waals surface area contributed by atoms with Gasteiger partial charge in [0.25, 0.3) is 0 Å². The van der Waals surface area contributed by atoms with Crippen LogP contribution in [0.3, 0.4) is 0 Å². The minimum absolute atomic E-state index is 0.301. The highest BCUT2D eigenvalue weighted by Gasteiger charge is 2.09. The van der Waals surface area contributed by atoms with Crippen molar-refractivity contribution in [1.82, 2.24) is 0 Å². The van der Waals surface area contributed by atoms with E-state index in [1.54, 1.807) is 12.1 Å². The Morgan fingerprint density at radius 1 is 1.27 bits per heavy atom. The molecule has 1 aromatic heterocycles. The maximum absolute atomic E-state index is 12.7. The van der Waals surface area contributed by atoms with Crippen molar-refractivity contribution >= 4 is 29.1 Å². The van der Waals surface area contributed by atoms with Crippen LogP contribution in [0.4, 0.5) is 4.39 Å². The van der Waals surface area contributed by atoms with Crippen LogP contribution in [0.25, 0.3) is 0 Å². The summed E-state index contributed by atoms with van der Waals surface area (Å²) >= 11 is 1.48. The van der Waals surface area contributed by atoms with Crippen molar-refractivity contribution in [3.8, 4) is 0 Å². The number of benzene rings is 1. The highest BCUT2D eigenvalue weighted by Crippen LogP contribution is 2.23. The molecule has 0 fully saturated rings. The third kappa shape index (κ3) is 2.31. The van der Waals surface area contributed by atoms with Crippen LogP contribution in [-0.2, 0) is 4.57 Å². The second-order valence-electron chi connectivity index (χ2n) is 3.23. The summed E-state index contributed by atoms with van der Waals surface area (Å²) in [6.07, 6.45) is 0. The molecule has 1 unspecified atom stereocenters. The van der Waals surface area contributed by atoms with Gasteiger partial charge < -0.3 is 0 Å². The standard InChI is InChI=1S/C11H9FOPS/c1-8-6-11(15-7-8)14(13)10-4-2-9(12)3-5-10/h2-7H,1H3. The lowest BCUT2D eigenvalue weighted by molar-refractivity contribution is 0.598. The molecule has 0 spiro atoms. The van der Waals surface area contributed by atoms with Crippen molar-refractivity contribution in [3.05, 3.63) is 47.1 Å². The second-order valence-corrected chi connectivity index (χ2v) is 6.03. The molecule has 0 amide bonds. The third-order valence-electron chi connectivity index (χ3n) is 1.98. The van der Waals surface area contributed by atoms with Crippen molar-refractivity contribution in [3.63, 3.8) is 0 Å². The second kappa shape index (κ2) is 4.21. The van der Waals surface area contributed by atoms with Gasteiger partial charge in [0.2, 0.25) is 0 Å². The topological polar surface area (TPSA) is 17.1 Å². The van der Waals surface area contributed by atoms with Crippen LogP contribution in [0.2, 0.25) is 0 Å². The first kappa shape index (κ1) is 10.5. The van der Waals surface area contributed by atoms with Gasteiger partial charge >= 0.3 is 0 Å². The van der Waals surface area contributed by atoms with E-state index in [1.807, 2.05) is 18.4 Å². The smallest absolute Gasteiger partial charge is 0.146 e. The fourth-order valence-corrected chi connectivity index (χ4v) is 3.71. The summed E-state index contributed by atoms with van der Waals surface area (Å²) in [5, 5.41) is 2.64. The van der Waals surface area contributed by atoms with Crippen LogP contribution in [0.5, 0.6) is 0 Å². The summed E-state index contributed by atoms with van der Waals surface area (Å²) < 4.78 is 25.5. The van der Waals surface area contributed by atoms with E-state index in [2.05, 4.69) is 0 Å². The Morgan fingerprint density at radius 2 is 1.93 bits per heavy atom. The molecule has 1 atom stereocenters. The number of halogens is 1. The molecule has 2 aromatic rings. The number of rotatable bonds is 2. The molecule has 0 aliphatic heterocycles. The van der Waals surface area contributed by atoms with E-state index >= 15 is 0 Å². The van der Waals surface area contributed by atoms with Crippen LogP contribution in [0.1, 0.15) is 5.56 Å². The zero-order valence-corrected chi connectivity index (χ0v) is 9.82. The van der Waals surface area contributed by atoms with Crippen LogP contribution >= 0.6 is 19.1 Å². The Balaban J connectivity index is 2.32. The predicted octanol–water partition coefficient (Wildman–Crippen LogP) is 2.97. The SMILES string of the molecule is Cc1csc([P](=O)c2ccc(F)cc2)c1. The van der Waals surface area contributed by atoms with Gasteiger partial charge in [0.05, 0.1) is 4.62 Å². The molecule has 1 nitrogen and oxygen atoms in total. The van der Waals surface area contributed by atoms with E-state index in [0.717, 1.165) is 10.2 Å². The molecule has 1 aromatic carbocycles. The Labute approximate surface area is 92.4 Å². The zero-order chi connectivity index (χ0) is 10.8. The summed E-state index contributed by atoms with van der Waals surface area (Å²) in [5.74, 6) is -0.301. The maximum atomic E-state index is 12.7. The lowest BCUT2D eigenvalue weighted by atomic mass is 10.4. The maximum Gasteiger partial charge on any atom is 0.146 e. The molecule has 0 saturated heterocycles. The molecule has 0 saturated carbocycles. The normalized spacial score (nSPS) is 11.5. The fraction of sp³-hybridized carbons (Fsp3) is 0.0909. The zero-order valence-electron chi connectivity index (χ0n) is 8.11. The van der Waals surface area contributed by atoms with Crippen LogP contribution in [0, 0.1) is 12.7 Å². The first-order valence-corrected chi connectivity index (χ1v) is 6.59. The van der Waals surface area contributed by atoms with Crippen LogP contribution < -0.4 is 9.92 Å². The van der Waals surface area contributed by atoms with Gasteiger partial charge in [0.15, 0.2) is 0 Å². The lowest BCUT2D eigenvalue weighted by Crippen LogP contribution is -2.02. The Bertz CT molecular complexity index is 490. The lowest BCUT2D eigenvalue weighted by Gasteiger charge is -1.97. The average Bonchev–Trinajstić information content (AvgIpc) is 2.65. The summed E-state index contributed by atoms with van der Waals surface area (Å²) in [7, 11) is -1.56. The largest absolute Gasteiger partial charge is 0.276 e. The number of thiophene rings is 1. The number of hydrogen-bond donors (Lipinski definition) is 0. The van der Waals surface area contributed by atoms with Gasteiger partial charge in [0.1, 0.15) is 13.6 Å². The van der Waals surface area contributed by atoms with Gasteiger partial charge in [-0.1, -0.05) is 0 Å². The molecule has 2 rings (SSSR count). The molecule has 77 valence electrons. The van der Waals surface area contributed by atoms with E-state index in [9.17, 15) is 8.96 Å².